The van der Waals surface area contributed by atoms with Crippen molar-refractivity contribution in [2.45, 2.75) is 53.8 Å². The Labute approximate surface area is 144 Å². The van der Waals surface area contributed by atoms with E-state index in [-0.39, 0.29) is 29.0 Å². The maximum absolute atomic E-state index is 13.6. The highest BCUT2D eigenvalue weighted by Gasteiger charge is 2.76. The average Bonchev–Trinajstić information content (AvgIpc) is 3.13. The number of carbonyl (C=O) groups excluding carboxylic acids is 1. The van der Waals surface area contributed by atoms with E-state index in [9.17, 15) is 4.79 Å². The van der Waals surface area contributed by atoms with Crippen LogP contribution < -0.4 is 0 Å². The van der Waals surface area contributed by atoms with Gasteiger partial charge in [0.1, 0.15) is 5.78 Å². The molecule has 0 unspecified atom stereocenters. The van der Waals surface area contributed by atoms with Crippen molar-refractivity contribution in [2.75, 3.05) is 0 Å². The highest BCUT2D eigenvalue weighted by atomic mass is 16.5. The number of allylic oxidation sites excluding steroid dienone is 2. The van der Waals surface area contributed by atoms with Gasteiger partial charge in [0.05, 0.1) is 17.6 Å². The fourth-order valence-electron chi connectivity index (χ4n) is 6.96. The van der Waals surface area contributed by atoms with Gasteiger partial charge in [-0.05, 0) is 31.9 Å². The number of rotatable bonds is 0. The van der Waals surface area contributed by atoms with Crippen molar-refractivity contribution in [1.29, 1.82) is 0 Å². The smallest absolute Gasteiger partial charge is 0.149 e. The van der Waals surface area contributed by atoms with Crippen molar-refractivity contribution in [2.24, 2.45) is 28.1 Å². The van der Waals surface area contributed by atoms with Crippen LogP contribution in [0.3, 0.4) is 0 Å². The molecule has 4 bridgehead atoms. The second kappa shape index (κ2) is 3.88. The molecule has 3 aliphatic carbocycles. The van der Waals surface area contributed by atoms with Gasteiger partial charge in [-0.25, -0.2) is 0 Å². The standard InChI is InChI=1S/C22H26O2/c1-11-12(2)22(6)16-15(21(11,5)19(23)20(22,3)4)17-13-9-7-8-10-14(13)18(16)24-17/h7-10,15-18H,1-6H3/t15-,16-,17-,18+,21-,22-/m0/s1. The van der Waals surface area contributed by atoms with E-state index in [0.29, 0.717) is 11.7 Å². The Kier molecular flexibility index (Phi) is 2.41. The van der Waals surface area contributed by atoms with Gasteiger partial charge in [0.25, 0.3) is 0 Å². The molecule has 2 fully saturated rings. The number of Topliss-reactive ketones (excluding diaryl/α,β-unsaturated/α-hetero) is 1. The van der Waals surface area contributed by atoms with E-state index in [1.165, 1.54) is 22.3 Å². The molecule has 0 amide bonds. The predicted molar refractivity (Wildman–Crippen MR) is 93.4 cm³/mol. The molecule has 0 radical (unpaired) electrons. The molecule has 2 nitrogen and oxygen atoms in total. The number of ether oxygens (including phenoxy) is 1. The molecular formula is C22H26O2. The molecule has 1 aromatic carbocycles. The lowest BCUT2D eigenvalue weighted by Crippen LogP contribution is -2.67. The fourth-order valence-corrected chi connectivity index (χ4v) is 6.96. The summed E-state index contributed by atoms with van der Waals surface area (Å²) in [5, 5.41) is 0. The van der Waals surface area contributed by atoms with Crippen LogP contribution in [0.1, 0.15) is 64.9 Å². The molecule has 0 N–H and O–H groups in total. The minimum atomic E-state index is -0.400. The number of ketones is 1. The van der Waals surface area contributed by atoms with Crippen LogP contribution in [0.2, 0.25) is 0 Å². The van der Waals surface area contributed by atoms with E-state index < -0.39 is 5.41 Å². The summed E-state index contributed by atoms with van der Waals surface area (Å²) in [6, 6.07) is 8.65. The Balaban J connectivity index is 1.85. The molecule has 2 aliphatic heterocycles. The maximum Gasteiger partial charge on any atom is 0.149 e. The Morgan fingerprint density at radius 3 is 2.00 bits per heavy atom. The van der Waals surface area contributed by atoms with E-state index in [1.54, 1.807) is 0 Å². The summed E-state index contributed by atoms with van der Waals surface area (Å²) in [7, 11) is 0. The zero-order chi connectivity index (χ0) is 17.2. The van der Waals surface area contributed by atoms with Crippen LogP contribution in [0.5, 0.6) is 0 Å². The molecule has 0 spiro atoms. The van der Waals surface area contributed by atoms with Crippen molar-refractivity contribution in [3.05, 3.63) is 46.5 Å². The van der Waals surface area contributed by atoms with Crippen molar-refractivity contribution in [3.8, 4) is 0 Å². The van der Waals surface area contributed by atoms with Crippen molar-refractivity contribution in [1.82, 2.24) is 0 Å². The third-order valence-corrected chi connectivity index (χ3v) is 8.73. The van der Waals surface area contributed by atoms with Crippen LogP contribution in [0.25, 0.3) is 0 Å². The molecule has 6 atom stereocenters. The second-order valence-electron chi connectivity index (χ2n) is 9.27. The molecule has 1 saturated carbocycles. The van der Waals surface area contributed by atoms with E-state index in [1.807, 2.05) is 0 Å². The minimum Gasteiger partial charge on any atom is -0.365 e. The molecule has 24 heavy (non-hydrogen) atoms. The van der Waals surface area contributed by atoms with E-state index in [4.69, 9.17) is 4.74 Å². The zero-order valence-electron chi connectivity index (χ0n) is 15.4. The number of benzene rings is 1. The Hall–Kier alpha value is -1.41. The minimum absolute atomic E-state index is 0.0728. The van der Waals surface area contributed by atoms with Gasteiger partial charge in [-0.2, -0.15) is 0 Å². The Morgan fingerprint density at radius 2 is 1.42 bits per heavy atom. The number of hydrogen-bond donors (Lipinski definition) is 0. The first-order valence-electron chi connectivity index (χ1n) is 9.16. The second-order valence-corrected chi connectivity index (χ2v) is 9.27. The first-order chi connectivity index (χ1) is 11.2. The van der Waals surface area contributed by atoms with Crippen LogP contribution in [0, 0.1) is 28.1 Å². The van der Waals surface area contributed by atoms with Crippen molar-refractivity contribution >= 4 is 5.78 Å². The summed E-state index contributed by atoms with van der Waals surface area (Å²) in [5.74, 6) is 1.07. The van der Waals surface area contributed by atoms with Crippen LogP contribution in [0.15, 0.2) is 35.4 Å². The lowest BCUT2D eigenvalue weighted by atomic mass is 9.34. The van der Waals surface area contributed by atoms with E-state index >= 15 is 0 Å². The molecule has 1 saturated heterocycles. The van der Waals surface area contributed by atoms with Gasteiger partial charge < -0.3 is 4.74 Å². The van der Waals surface area contributed by atoms with E-state index in [2.05, 4.69) is 65.8 Å². The quantitative estimate of drug-likeness (QED) is 0.627. The lowest BCUT2D eigenvalue weighted by Gasteiger charge is -2.66. The molecular weight excluding hydrogens is 296 g/mol. The molecule has 2 heterocycles. The van der Waals surface area contributed by atoms with Crippen molar-refractivity contribution < 1.29 is 9.53 Å². The largest absolute Gasteiger partial charge is 0.365 e. The molecule has 1 aromatic rings. The topological polar surface area (TPSA) is 26.3 Å². The summed E-state index contributed by atoms with van der Waals surface area (Å²) in [5.41, 5.74) is 4.50. The van der Waals surface area contributed by atoms with Gasteiger partial charge in [0, 0.05) is 22.7 Å². The summed E-state index contributed by atoms with van der Waals surface area (Å²) >= 11 is 0. The SMILES string of the molecule is CC1=C(C)[C@@]2(C)[C@H]3[C@@H]([C@H]4O[C@@H]3c3ccccc34)[C@@]1(C)C(=O)C2(C)C. The third kappa shape index (κ3) is 1.16. The Bertz CT molecular complexity index is 832. The number of fused-ring (bicyclic) bond motifs is 6. The average molecular weight is 322 g/mol. The first-order valence-corrected chi connectivity index (χ1v) is 9.16. The Morgan fingerprint density at radius 1 is 0.875 bits per heavy atom. The van der Waals surface area contributed by atoms with Gasteiger partial charge in [-0.15, -0.1) is 0 Å². The summed E-state index contributed by atoms with van der Waals surface area (Å²) in [4.78, 5) is 13.6. The molecule has 2 heteroatoms. The zero-order valence-corrected chi connectivity index (χ0v) is 15.4. The monoisotopic (exact) mass is 322 g/mol. The van der Waals surface area contributed by atoms with Gasteiger partial charge in [-0.1, -0.05) is 56.2 Å². The van der Waals surface area contributed by atoms with Gasteiger partial charge in [0.2, 0.25) is 0 Å². The van der Waals surface area contributed by atoms with Crippen LogP contribution in [-0.4, -0.2) is 5.78 Å². The van der Waals surface area contributed by atoms with Crippen molar-refractivity contribution in [3.63, 3.8) is 0 Å². The van der Waals surface area contributed by atoms with Gasteiger partial charge in [-0.3, -0.25) is 4.79 Å². The highest BCUT2D eigenvalue weighted by Crippen LogP contribution is 2.78. The van der Waals surface area contributed by atoms with E-state index in [0.717, 1.165) is 0 Å². The third-order valence-electron chi connectivity index (χ3n) is 8.73. The van der Waals surface area contributed by atoms with Crippen LogP contribution in [-0.2, 0) is 9.53 Å². The highest BCUT2D eigenvalue weighted by molar-refractivity contribution is 5.97. The first kappa shape index (κ1) is 14.9. The molecule has 0 aromatic heterocycles. The van der Waals surface area contributed by atoms with Crippen LogP contribution >= 0.6 is 0 Å². The fraction of sp³-hybridized carbons (Fsp3) is 0.591. The van der Waals surface area contributed by atoms with Gasteiger partial charge in [0.15, 0.2) is 0 Å². The lowest BCUT2D eigenvalue weighted by molar-refractivity contribution is -0.167. The normalized spacial score (nSPS) is 47.2. The number of carbonyl (C=O) groups is 1. The van der Waals surface area contributed by atoms with Crippen LogP contribution in [0.4, 0.5) is 0 Å². The number of hydrogen-bond acceptors (Lipinski definition) is 2. The summed E-state index contributed by atoms with van der Waals surface area (Å²) < 4.78 is 6.56. The summed E-state index contributed by atoms with van der Waals surface area (Å²) in [6.45, 7) is 13.3. The summed E-state index contributed by atoms with van der Waals surface area (Å²) in [6.07, 6.45) is 0.208. The molecule has 5 aliphatic rings. The molecule has 6 rings (SSSR count). The molecule has 126 valence electrons. The maximum atomic E-state index is 13.6. The van der Waals surface area contributed by atoms with Gasteiger partial charge >= 0.3 is 0 Å². The predicted octanol–water partition coefficient (Wildman–Crippen LogP) is 5.02.